The zero-order valence-corrected chi connectivity index (χ0v) is 8.98. The molecule has 0 unspecified atom stereocenters. The maximum atomic E-state index is 8.98. The molecule has 5 heteroatoms. The quantitative estimate of drug-likeness (QED) is 0.536. The summed E-state index contributed by atoms with van der Waals surface area (Å²) in [5, 5.41) is 0. The zero-order chi connectivity index (χ0) is 9.98. The van der Waals surface area contributed by atoms with Crippen LogP contribution in [0.5, 0.6) is 0 Å². The summed E-state index contributed by atoms with van der Waals surface area (Å²) in [6, 6.07) is 0. The average molecular weight is 217 g/mol. The fourth-order valence-electron chi connectivity index (χ4n) is 0.518. The summed E-state index contributed by atoms with van der Waals surface area (Å²) in [6.07, 6.45) is -0.0370. The van der Waals surface area contributed by atoms with Crippen LogP contribution in [0.25, 0.3) is 0 Å². The van der Waals surface area contributed by atoms with Crippen LogP contribution in [-0.4, -0.2) is 24.2 Å². The summed E-state index contributed by atoms with van der Waals surface area (Å²) in [4.78, 5) is 8.98. The van der Waals surface area contributed by atoms with Gasteiger partial charge in [0.2, 0.25) is 0 Å². The van der Waals surface area contributed by atoms with E-state index in [-0.39, 0.29) is 6.29 Å². The highest BCUT2D eigenvalue weighted by Crippen LogP contribution is 1.90. The lowest BCUT2D eigenvalue weighted by molar-refractivity contribution is -0.123. The molecule has 3 nitrogen and oxygen atoms in total. The van der Waals surface area contributed by atoms with Gasteiger partial charge in [0.15, 0.2) is 6.29 Å². The molecule has 0 radical (unpaired) electrons. The van der Waals surface area contributed by atoms with E-state index in [1.54, 1.807) is 0 Å². The predicted molar refractivity (Wildman–Crippen MR) is 49.8 cm³/mol. The smallest absolute Gasteiger partial charge is 0.313 e. The van der Waals surface area contributed by atoms with Gasteiger partial charge < -0.3 is 9.47 Å². The molecule has 0 atom stereocenters. The summed E-state index contributed by atoms with van der Waals surface area (Å²) >= 11 is 8.80. The van der Waals surface area contributed by atoms with E-state index in [4.69, 9.17) is 14.3 Å². The first-order valence-electron chi connectivity index (χ1n) is 3.62. The minimum absolute atomic E-state index is 0.0370. The van der Waals surface area contributed by atoms with Crippen LogP contribution in [0.15, 0.2) is 0 Å². The van der Waals surface area contributed by atoms with Crippen LogP contribution in [0, 0.1) is 0 Å². The molecule has 0 spiro atoms. The Kier molecular flexibility index (Phi) is 13.7. The molecule has 0 aromatic rings. The first-order chi connectivity index (χ1) is 5.54. The van der Waals surface area contributed by atoms with Gasteiger partial charge in [-0.1, -0.05) is 0 Å². The van der Waals surface area contributed by atoms with E-state index in [1.165, 1.54) is 0 Å². The maximum absolute atomic E-state index is 8.98. The highest BCUT2D eigenvalue weighted by atomic mass is 35.5. The lowest BCUT2D eigenvalue weighted by Crippen LogP contribution is -2.11. The normalized spacial score (nSPS) is 9.17. The van der Waals surface area contributed by atoms with Crippen molar-refractivity contribution in [3.8, 4) is 0 Å². The number of hydrogen-bond acceptors (Lipinski definition) is 3. The first kappa shape index (κ1) is 14.7. The van der Waals surface area contributed by atoms with Gasteiger partial charge in [0.25, 0.3) is 0 Å². The molecule has 0 aromatic carbocycles. The second-order valence-electron chi connectivity index (χ2n) is 1.70. The second-order valence-corrected chi connectivity index (χ2v) is 2.58. The SMILES string of the molecule is CCOC(C)OCC.O=C(Cl)Cl. The van der Waals surface area contributed by atoms with Crippen LogP contribution in [0.4, 0.5) is 4.79 Å². The summed E-state index contributed by atoms with van der Waals surface area (Å²) < 4.78 is 9.23. The Morgan fingerprint density at radius 1 is 1.25 bits per heavy atom. The third-order valence-electron chi connectivity index (χ3n) is 0.803. The molecule has 0 aliphatic heterocycles. The van der Waals surface area contributed by atoms with E-state index < -0.39 is 4.70 Å². The van der Waals surface area contributed by atoms with Crippen molar-refractivity contribution in [3.63, 3.8) is 0 Å². The van der Waals surface area contributed by atoms with Gasteiger partial charge in [-0.25, -0.2) is 0 Å². The van der Waals surface area contributed by atoms with Crippen molar-refractivity contribution in [1.82, 2.24) is 0 Å². The molecule has 0 rings (SSSR count). The fraction of sp³-hybridized carbons (Fsp3) is 0.857. The van der Waals surface area contributed by atoms with Gasteiger partial charge >= 0.3 is 4.70 Å². The topological polar surface area (TPSA) is 35.5 Å². The minimum Gasteiger partial charge on any atom is -0.353 e. The van der Waals surface area contributed by atoms with E-state index in [0.717, 1.165) is 13.2 Å². The van der Waals surface area contributed by atoms with Crippen LogP contribution < -0.4 is 0 Å². The van der Waals surface area contributed by atoms with Crippen LogP contribution in [0.2, 0.25) is 0 Å². The second kappa shape index (κ2) is 11.2. The van der Waals surface area contributed by atoms with Gasteiger partial charge in [-0.2, -0.15) is 0 Å². The molecular weight excluding hydrogens is 203 g/mol. The minimum atomic E-state index is -0.889. The van der Waals surface area contributed by atoms with Crippen molar-refractivity contribution in [3.05, 3.63) is 0 Å². The number of hydrogen-bond donors (Lipinski definition) is 0. The van der Waals surface area contributed by atoms with E-state index >= 15 is 0 Å². The number of rotatable bonds is 4. The largest absolute Gasteiger partial charge is 0.353 e. The van der Waals surface area contributed by atoms with Gasteiger partial charge in [0.1, 0.15) is 0 Å². The van der Waals surface area contributed by atoms with Gasteiger partial charge in [-0.3, -0.25) is 4.79 Å². The Morgan fingerprint density at radius 3 is 1.67 bits per heavy atom. The monoisotopic (exact) mass is 216 g/mol. The van der Waals surface area contributed by atoms with Crippen LogP contribution in [-0.2, 0) is 9.47 Å². The highest BCUT2D eigenvalue weighted by Gasteiger charge is 1.94. The van der Waals surface area contributed by atoms with Crippen molar-refractivity contribution in [2.24, 2.45) is 0 Å². The van der Waals surface area contributed by atoms with Crippen molar-refractivity contribution in [2.45, 2.75) is 27.1 Å². The zero-order valence-electron chi connectivity index (χ0n) is 7.47. The van der Waals surface area contributed by atoms with Crippen LogP contribution in [0.1, 0.15) is 20.8 Å². The third-order valence-corrected chi connectivity index (χ3v) is 0.803. The van der Waals surface area contributed by atoms with Crippen LogP contribution >= 0.6 is 23.2 Å². The molecule has 0 saturated heterocycles. The molecule has 0 aromatic heterocycles. The van der Waals surface area contributed by atoms with Gasteiger partial charge in [-0.15, -0.1) is 0 Å². The maximum Gasteiger partial charge on any atom is 0.313 e. The lowest BCUT2D eigenvalue weighted by atomic mass is 10.7. The Balaban J connectivity index is 0. The van der Waals surface area contributed by atoms with E-state index in [2.05, 4.69) is 23.2 Å². The summed E-state index contributed by atoms with van der Waals surface area (Å²) in [7, 11) is 0. The standard InChI is InChI=1S/C6H14O2.CCl2O/c1-4-7-6(3)8-5-2;2-1(3)4/h6H,4-5H2,1-3H3;. The molecule has 0 aliphatic rings. The molecule has 0 fully saturated rings. The molecular formula is C7H14Cl2O3. The van der Waals surface area contributed by atoms with Crippen molar-refractivity contribution in [1.29, 1.82) is 0 Å². The molecule has 0 N–H and O–H groups in total. The van der Waals surface area contributed by atoms with Crippen molar-refractivity contribution in [2.75, 3.05) is 13.2 Å². The summed E-state index contributed by atoms with van der Waals surface area (Å²) in [6.45, 7) is 7.25. The molecule has 0 heterocycles. The average Bonchev–Trinajstić information content (AvgIpc) is 1.87. The fourth-order valence-corrected chi connectivity index (χ4v) is 0.518. The summed E-state index contributed by atoms with van der Waals surface area (Å²) in [5.74, 6) is 0. The number of halogens is 2. The number of carbonyl (C=O) groups excluding carboxylic acids is 1. The van der Waals surface area contributed by atoms with E-state index in [9.17, 15) is 0 Å². The summed E-state index contributed by atoms with van der Waals surface area (Å²) in [5.41, 5.74) is 0. The Morgan fingerprint density at radius 2 is 1.50 bits per heavy atom. The Hall–Kier alpha value is 0.170. The third kappa shape index (κ3) is 22.5. The van der Waals surface area contributed by atoms with Crippen LogP contribution in [0.3, 0.4) is 0 Å². The molecule has 12 heavy (non-hydrogen) atoms. The van der Waals surface area contributed by atoms with E-state index in [0.29, 0.717) is 0 Å². The van der Waals surface area contributed by atoms with Gasteiger partial charge in [0.05, 0.1) is 0 Å². The van der Waals surface area contributed by atoms with E-state index in [1.807, 2.05) is 20.8 Å². The highest BCUT2D eigenvalue weighted by molar-refractivity contribution is 6.93. The van der Waals surface area contributed by atoms with Crippen molar-refractivity contribution < 1.29 is 14.3 Å². The number of carbonyl (C=O) groups is 1. The number of ether oxygens (including phenoxy) is 2. The first-order valence-corrected chi connectivity index (χ1v) is 4.38. The molecule has 0 saturated carbocycles. The van der Waals surface area contributed by atoms with Gasteiger partial charge in [-0.05, 0) is 44.0 Å². The molecule has 74 valence electrons. The van der Waals surface area contributed by atoms with Crippen molar-refractivity contribution >= 4 is 27.9 Å². The molecule has 0 amide bonds. The molecule has 0 aliphatic carbocycles. The lowest BCUT2D eigenvalue weighted by Gasteiger charge is -2.09. The predicted octanol–water partition coefficient (Wildman–Crippen LogP) is 2.99. The Bertz CT molecular complexity index is 98.8. The molecule has 0 bridgehead atoms. The Labute approximate surface area is 82.9 Å². The van der Waals surface area contributed by atoms with Gasteiger partial charge in [0, 0.05) is 13.2 Å².